The Hall–Kier alpha value is -3.93. The molecule has 2 aromatic heterocycles. The normalized spacial score (nSPS) is 11.2. The summed E-state index contributed by atoms with van der Waals surface area (Å²) in [5.41, 5.74) is 7.71. The van der Waals surface area contributed by atoms with Gasteiger partial charge >= 0.3 is 0 Å². The van der Waals surface area contributed by atoms with E-state index in [0.717, 1.165) is 28.1 Å². The second-order valence-corrected chi connectivity index (χ2v) is 7.11. The highest BCUT2D eigenvalue weighted by molar-refractivity contribution is 5.96. The van der Waals surface area contributed by atoms with E-state index in [1.165, 1.54) is 0 Å². The summed E-state index contributed by atoms with van der Waals surface area (Å²) in [6.45, 7) is 5.60. The molecule has 2 heterocycles. The van der Waals surface area contributed by atoms with Crippen molar-refractivity contribution in [3.05, 3.63) is 95.1 Å². The Kier molecular flexibility index (Phi) is 5.30. The van der Waals surface area contributed by atoms with Crippen LogP contribution in [0.4, 0.5) is 0 Å². The number of amides is 1. The molecule has 0 fully saturated rings. The van der Waals surface area contributed by atoms with Gasteiger partial charge in [0.2, 0.25) is 0 Å². The van der Waals surface area contributed by atoms with Gasteiger partial charge < -0.3 is 4.42 Å². The number of nitrogens with one attached hydrogen (secondary N) is 1. The fourth-order valence-corrected chi connectivity index (χ4v) is 3.29. The van der Waals surface area contributed by atoms with Crippen LogP contribution in [-0.2, 0) is 0 Å². The van der Waals surface area contributed by atoms with Gasteiger partial charge in [-0.15, -0.1) is 0 Å². The van der Waals surface area contributed by atoms with Crippen LogP contribution in [0.2, 0.25) is 0 Å². The van der Waals surface area contributed by atoms with E-state index < -0.39 is 0 Å². The van der Waals surface area contributed by atoms with Crippen LogP contribution in [-0.4, -0.2) is 21.9 Å². The molecule has 0 aliphatic rings. The van der Waals surface area contributed by atoms with Gasteiger partial charge in [0.25, 0.3) is 5.91 Å². The molecule has 0 saturated heterocycles. The van der Waals surface area contributed by atoms with Crippen LogP contribution in [0.15, 0.2) is 76.4 Å². The number of nitrogens with zero attached hydrogens (tertiary/aromatic N) is 3. The van der Waals surface area contributed by atoms with Crippen LogP contribution in [0.3, 0.4) is 0 Å². The molecule has 0 saturated carbocycles. The number of para-hydroxylation sites is 1. The molecule has 6 nitrogen and oxygen atoms in total. The number of benzene rings is 2. The second-order valence-electron chi connectivity index (χ2n) is 7.11. The first-order valence-electron chi connectivity index (χ1n) is 9.64. The van der Waals surface area contributed by atoms with Crippen molar-refractivity contribution in [1.29, 1.82) is 0 Å². The Morgan fingerprint density at radius 1 is 1.07 bits per heavy atom. The summed E-state index contributed by atoms with van der Waals surface area (Å²) < 4.78 is 7.22. The van der Waals surface area contributed by atoms with Gasteiger partial charge in [-0.1, -0.05) is 42.0 Å². The highest BCUT2D eigenvalue weighted by Gasteiger charge is 2.14. The molecule has 0 unspecified atom stereocenters. The van der Waals surface area contributed by atoms with Gasteiger partial charge in [-0.25, -0.2) is 10.1 Å². The van der Waals surface area contributed by atoms with E-state index in [1.807, 2.05) is 66.3 Å². The van der Waals surface area contributed by atoms with E-state index in [-0.39, 0.29) is 5.91 Å². The largest absolute Gasteiger partial charge is 0.466 e. The molecule has 30 heavy (non-hydrogen) atoms. The fraction of sp³-hybridized carbons (Fsp3) is 0.125. The molecular formula is C24H22N4O2. The SMILES string of the molecule is Cc1cccc(-c2nn(-c3ccccc3)cc2/C=N\NC(=O)c2cc(C)oc2C)c1. The lowest BCUT2D eigenvalue weighted by Crippen LogP contribution is -2.17. The third-order valence-electron chi connectivity index (χ3n) is 4.71. The average molecular weight is 398 g/mol. The molecule has 0 radical (unpaired) electrons. The summed E-state index contributed by atoms with van der Waals surface area (Å²) in [7, 11) is 0. The number of rotatable bonds is 5. The molecule has 0 aliphatic carbocycles. The van der Waals surface area contributed by atoms with Crippen molar-refractivity contribution in [3.63, 3.8) is 0 Å². The molecule has 1 amide bonds. The van der Waals surface area contributed by atoms with Crippen LogP contribution in [0.25, 0.3) is 16.9 Å². The first kappa shape index (κ1) is 19.4. The molecule has 4 aromatic rings. The van der Waals surface area contributed by atoms with Crippen molar-refractivity contribution in [2.45, 2.75) is 20.8 Å². The van der Waals surface area contributed by atoms with Gasteiger partial charge in [0, 0.05) is 17.3 Å². The Labute approximate surface area is 174 Å². The number of carbonyl (C=O) groups excluding carboxylic acids is 1. The zero-order valence-corrected chi connectivity index (χ0v) is 17.1. The lowest BCUT2D eigenvalue weighted by molar-refractivity contribution is 0.0953. The van der Waals surface area contributed by atoms with Crippen molar-refractivity contribution >= 4 is 12.1 Å². The van der Waals surface area contributed by atoms with Crippen molar-refractivity contribution in [2.24, 2.45) is 5.10 Å². The molecule has 6 heteroatoms. The third kappa shape index (κ3) is 4.07. The number of aromatic nitrogens is 2. The summed E-state index contributed by atoms with van der Waals surface area (Å²) in [4.78, 5) is 12.4. The maximum atomic E-state index is 12.4. The van der Waals surface area contributed by atoms with Gasteiger partial charge in [-0.05, 0) is 45.0 Å². The predicted molar refractivity (Wildman–Crippen MR) is 117 cm³/mol. The average Bonchev–Trinajstić information content (AvgIpc) is 3.31. The smallest absolute Gasteiger partial charge is 0.274 e. The molecule has 0 spiro atoms. The molecular weight excluding hydrogens is 376 g/mol. The van der Waals surface area contributed by atoms with E-state index in [1.54, 1.807) is 26.1 Å². The van der Waals surface area contributed by atoms with Crippen molar-refractivity contribution in [1.82, 2.24) is 15.2 Å². The van der Waals surface area contributed by atoms with E-state index >= 15 is 0 Å². The molecule has 2 aromatic carbocycles. The third-order valence-corrected chi connectivity index (χ3v) is 4.71. The summed E-state index contributed by atoms with van der Waals surface area (Å²) in [5, 5.41) is 8.93. The van der Waals surface area contributed by atoms with Gasteiger partial charge in [0.1, 0.15) is 17.2 Å². The van der Waals surface area contributed by atoms with E-state index in [9.17, 15) is 4.79 Å². The zero-order chi connectivity index (χ0) is 21.1. The Morgan fingerprint density at radius 3 is 2.57 bits per heavy atom. The first-order chi connectivity index (χ1) is 14.5. The molecule has 4 rings (SSSR count). The van der Waals surface area contributed by atoms with Gasteiger partial charge in [-0.2, -0.15) is 10.2 Å². The highest BCUT2D eigenvalue weighted by atomic mass is 16.3. The lowest BCUT2D eigenvalue weighted by Gasteiger charge is -2.01. The summed E-state index contributed by atoms with van der Waals surface area (Å²) in [5.74, 6) is 0.943. The predicted octanol–water partition coefficient (Wildman–Crippen LogP) is 4.82. The summed E-state index contributed by atoms with van der Waals surface area (Å²) in [6.07, 6.45) is 3.51. The van der Waals surface area contributed by atoms with Gasteiger partial charge in [0.05, 0.1) is 17.5 Å². The minimum atomic E-state index is -0.312. The Bertz CT molecular complexity index is 1220. The van der Waals surface area contributed by atoms with E-state index in [0.29, 0.717) is 17.1 Å². The molecule has 1 N–H and O–H groups in total. The molecule has 0 aliphatic heterocycles. The molecule has 0 bridgehead atoms. The zero-order valence-electron chi connectivity index (χ0n) is 17.1. The number of hydrogen-bond acceptors (Lipinski definition) is 4. The van der Waals surface area contributed by atoms with Gasteiger partial charge in [-0.3, -0.25) is 4.79 Å². The minimum Gasteiger partial charge on any atom is -0.466 e. The van der Waals surface area contributed by atoms with E-state index in [2.05, 4.69) is 16.6 Å². The number of hydrogen-bond donors (Lipinski definition) is 1. The standard InChI is InChI=1S/C24H22N4O2/c1-16-8-7-9-19(12-16)23-20(15-28(27-23)21-10-5-4-6-11-21)14-25-26-24(29)22-13-17(2)30-18(22)3/h4-15H,1-3H3,(H,26,29)/b25-14-. The van der Waals surface area contributed by atoms with E-state index in [4.69, 9.17) is 9.52 Å². The topological polar surface area (TPSA) is 72.4 Å². The summed E-state index contributed by atoms with van der Waals surface area (Å²) >= 11 is 0. The highest BCUT2D eigenvalue weighted by Crippen LogP contribution is 2.23. The maximum Gasteiger partial charge on any atom is 0.274 e. The number of hydrazone groups is 1. The van der Waals surface area contributed by atoms with Crippen LogP contribution in [0.1, 0.15) is 33.0 Å². The van der Waals surface area contributed by atoms with Gasteiger partial charge in [0.15, 0.2) is 0 Å². The van der Waals surface area contributed by atoms with Crippen LogP contribution >= 0.6 is 0 Å². The van der Waals surface area contributed by atoms with Crippen LogP contribution in [0.5, 0.6) is 0 Å². The second kappa shape index (κ2) is 8.21. The van der Waals surface area contributed by atoms with Crippen molar-refractivity contribution < 1.29 is 9.21 Å². The van der Waals surface area contributed by atoms with Crippen LogP contribution < -0.4 is 5.43 Å². The Balaban J connectivity index is 1.65. The molecule has 150 valence electrons. The number of aryl methyl sites for hydroxylation is 3. The van der Waals surface area contributed by atoms with Crippen molar-refractivity contribution in [2.75, 3.05) is 0 Å². The molecule has 0 atom stereocenters. The van der Waals surface area contributed by atoms with Crippen molar-refractivity contribution in [3.8, 4) is 16.9 Å². The number of furan rings is 1. The van der Waals surface area contributed by atoms with Crippen LogP contribution in [0, 0.1) is 20.8 Å². The lowest BCUT2D eigenvalue weighted by atomic mass is 10.1. The number of carbonyl (C=O) groups is 1. The quantitative estimate of drug-likeness (QED) is 0.387. The first-order valence-corrected chi connectivity index (χ1v) is 9.64. The minimum absolute atomic E-state index is 0.312. The Morgan fingerprint density at radius 2 is 1.87 bits per heavy atom. The monoisotopic (exact) mass is 398 g/mol. The summed E-state index contributed by atoms with van der Waals surface area (Å²) in [6, 6.07) is 19.7. The fourth-order valence-electron chi connectivity index (χ4n) is 3.29. The maximum absolute atomic E-state index is 12.4.